The van der Waals surface area contributed by atoms with Crippen LogP contribution in [-0.4, -0.2) is 50.4 Å². The molecule has 5 nitrogen and oxygen atoms in total. The zero-order valence-corrected chi connectivity index (χ0v) is 10.0. The first-order valence-electron chi connectivity index (χ1n) is 5.12. The Bertz CT molecular complexity index is 283. The second-order valence-corrected chi connectivity index (χ2v) is 3.60. The molecule has 5 heteroatoms. The average molecular weight is 225 g/mol. The lowest BCUT2D eigenvalue weighted by Crippen LogP contribution is -2.41. The van der Waals surface area contributed by atoms with Crippen molar-refractivity contribution in [3.63, 3.8) is 0 Å². The summed E-state index contributed by atoms with van der Waals surface area (Å²) in [6.07, 6.45) is 5.04. The fourth-order valence-electron chi connectivity index (χ4n) is 1.22. The predicted molar refractivity (Wildman–Crippen MR) is 62.6 cm³/mol. The fraction of sp³-hybridized carbons (Fsp3) is 0.636. The van der Waals surface area contributed by atoms with Gasteiger partial charge in [0.1, 0.15) is 0 Å². The number of nitrogens with one attached hydrogen (secondary N) is 2. The minimum atomic E-state index is -0.216. The maximum atomic E-state index is 11.5. The van der Waals surface area contributed by atoms with E-state index in [0.717, 1.165) is 0 Å². The molecule has 0 aliphatic rings. The van der Waals surface area contributed by atoms with Crippen molar-refractivity contribution in [2.45, 2.75) is 6.92 Å². The van der Waals surface area contributed by atoms with Crippen molar-refractivity contribution >= 4 is 11.8 Å². The Morgan fingerprint density at radius 2 is 2.12 bits per heavy atom. The van der Waals surface area contributed by atoms with E-state index in [2.05, 4.69) is 16.6 Å². The van der Waals surface area contributed by atoms with Crippen LogP contribution in [0, 0.1) is 18.3 Å². The van der Waals surface area contributed by atoms with Crippen LogP contribution in [0.15, 0.2) is 0 Å². The third kappa shape index (κ3) is 5.37. The van der Waals surface area contributed by atoms with E-state index in [1.54, 1.807) is 21.0 Å². The van der Waals surface area contributed by atoms with Crippen LogP contribution in [0.3, 0.4) is 0 Å². The molecule has 0 aromatic heterocycles. The fourth-order valence-corrected chi connectivity index (χ4v) is 1.22. The van der Waals surface area contributed by atoms with Crippen LogP contribution in [0.5, 0.6) is 0 Å². The lowest BCUT2D eigenvalue weighted by molar-refractivity contribution is -0.131. The Labute approximate surface area is 96.6 Å². The van der Waals surface area contributed by atoms with Crippen LogP contribution in [0.25, 0.3) is 0 Å². The van der Waals surface area contributed by atoms with Crippen molar-refractivity contribution in [3.8, 4) is 12.3 Å². The van der Waals surface area contributed by atoms with Gasteiger partial charge in [0.05, 0.1) is 19.0 Å². The molecule has 2 N–H and O–H groups in total. The maximum Gasteiger partial charge on any atom is 0.236 e. The van der Waals surface area contributed by atoms with Crippen molar-refractivity contribution in [2.24, 2.45) is 5.92 Å². The maximum absolute atomic E-state index is 11.5. The predicted octanol–water partition coefficient (Wildman–Crippen LogP) is -0.950. The minimum Gasteiger partial charge on any atom is -0.359 e. The van der Waals surface area contributed by atoms with Crippen molar-refractivity contribution in [1.29, 1.82) is 0 Å². The van der Waals surface area contributed by atoms with Crippen LogP contribution in [-0.2, 0) is 9.59 Å². The summed E-state index contributed by atoms with van der Waals surface area (Å²) in [6.45, 7) is 2.74. The van der Waals surface area contributed by atoms with Crippen molar-refractivity contribution in [2.75, 3.05) is 33.7 Å². The standard InChI is InChI=1S/C11H19N3O2/c1-5-6-13-7-10(15)14(4)8-9(2)11(16)12-3/h1,9,13H,6-8H2,2-4H3,(H,12,16). The molecule has 0 bridgehead atoms. The van der Waals surface area contributed by atoms with Crippen LogP contribution in [0.1, 0.15) is 6.92 Å². The zero-order valence-electron chi connectivity index (χ0n) is 10.0. The number of carbonyl (C=O) groups is 2. The molecule has 0 saturated heterocycles. The summed E-state index contributed by atoms with van der Waals surface area (Å²) in [4.78, 5) is 24.3. The summed E-state index contributed by atoms with van der Waals surface area (Å²) >= 11 is 0. The van der Waals surface area contributed by atoms with Crippen molar-refractivity contribution in [1.82, 2.24) is 15.5 Å². The van der Waals surface area contributed by atoms with Gasteiger partial charge in [0, 0.05) is 20.6 Å². The molecule has 1 atom stereocenters. The highest BCUT2D eigenvalue weighted by Crippen LogP contribution is 1.98. The summed E-state index contributed by atoms with van der Waals surface area (Å²) in [5, 5.41) is 5.35. The molecular formula is C11H19N3O2. The third-order valence-electron chi connectivity index (χ3n) is 2.17. The quantitative estimate of drug-likeness (QED) is 0.452. The molecular weight excluding hydrogens is 206 g/mol. The number of terminal acetylenes is 1. The number of carbonyl (C=O) groups excluding carboxylic acids is 2. The number of hydrogen-bond acceptors (Lipinski definition) is 3. The van der Waals surface area contributed by atoms with Gasteiger partial charge in [-0.25, -0.2) is 0 Å². The molecule has 0 rings (SSSR count). The van der Waals surface area contributed by atoms with Gasteiger partial charge in [-0.1, -0.05) is 12.8 Å². The summed E-state index contributed by atoms with van der Waals surface area (Å²) in [5.41, 5.74) is 0. The molecule has 90 valence electrons. The number of amides is 2. The minimum absolute atomic E-state index is 0.0729. The van der Waals surface area contributed by atoms with Crippen molar-refractivity contribution in [3.05, 3.63) is 0 Å². The Balaban J connectivity index is 3.96. The Hall–Kier alpha value is -1.54. The molecule has 2 amide bonds. The molecule has 0 aliphatic heterocycles. The van der Waals surface area contributed by atoms with Crippen LogP contribution >= 0.6 is 0 Å². The monoisotopic (exact) mass is 225 g/mol. The molecule has 0 heterocycles. The number of nitrogens with zero attached hydrogens (tertiary/aromatic N) is 1. The molecule has 16 heavy (non-hydrogen) atoms. The highest BCUT2D eigenvalue weighted by molar-refractivity contribution is 5.81. The molecule has 0 fully saturated rings. The van der Waals surface area contributed by atoms with Crippen LogP contribution in [0.2, 0.25) is 0 Å². The van der Waals surface area contributed by atoms with E-state index >= 15 is 0 Å². The zero-order chi connectivity index (χ0) is 12.6. The number of hydrogen-bond donors (Lipinski definition) is 2. The Kier molecular flexibility index (Phi) is 6.97. The second-order valence-electron chi connectivity index (χ2n) is 3.60. The molecule has 0 saturated carbocycles. The normalized spacial score (nSPS) is 11.4. The Morgan fingerprint density at radius 1 is 1.50 bits per heavy atom. The molecule has 0 aromatic carbocycles. The highest BCUT2D eigenvalue weighted by atomic mass is 16.2. The first-order valence-corrected chi connectivity index (χ1v) is 5.12. The van der Waals surface area contributed by atoms with Gasteiger partial charge in [0.25, 0.3) is 0 Å². The second kappa shape index (κ2) is 7.71. The van der Waals surface area contributed by atoms with Gasteiger partial charge in [-0.15, -0.1) is 6.42 Å². The largest absolute Gasteiger partial charge is 0.359 e. The van der Waals surface area contributed by atoms with E-state index < -0.39 is 0 Å². The lowest BCUT2D eigenvalue weighted by atomic mass is 10.1. The topological polar surface area (TPSA) is 61.4 Å². The lowest BCUT2D eigenvalue weighted by Gasteiger charge is -2.20. The van der Waals surface area contributed by atoms with E-state index in [0.29, 0.717) is 13.1 Å². The summed E-state index contributed by atoms with van der Waals surface area (Å²) in [6, 6.07) is 0. The van der Waals surface area contributed by atoms with Gasteiger partial charge in [-0.05, 0) is 0 Å². The Morgan fingerprint density at radius 3 is 2.62 bits per heavy atom. The van der Waals surface area contributed by atoms with Gasteiger partial charge in [0.15, 0.2) is 0 Å². The third-order valence-corrected chi connectivity index (χ3v) is 2.17. The molecule has 0 aromatic rings. The molecule has 0 aliphatic carbocycles. The van der Waals surface area contributed by atoms with E-state index in [9.17, 15) is 9.59 Å². The van der Waals surface area contributed by atoms with Gasteiger partial charge in [0.2, 0.25) is 11.8 Å². The van der Waals surface area contributed by atoms with E-state index in [4.69, 9.17) is 6.42 Å². The van der Waals surface area contributed by atoms with Crippen LogP contribution < -0.4 is 10.6 Å². The number of likely N-dealkylation sites (N-methyl/N-ethyl adjacent to an activating group) is 1. The van der Waals surface area contributed by atoms with Gasteiger partial charge < -0.3 is 10.2 Å². The number of rotatable bonds is 6. The molecule has 0 radical (unpaired) electrons. The van der Waals surface area contributed by atoms with Crippen LogP contribution in [0.4, 0.5) is 0 Å². The first-order chi connectivity index (χ1) is 7.52. The SMILES string of the molecule is C#CCNCC(=O)N(C)CC(C)C(=O)NC. The summed E-state index contributed by atoms with van der Waals surface area (Å²) in [7, 11) is 3.24. The van der Waals surface area contributed by atoms with E-state index in [1.165, 1.54) is 4.90 Å². The van der Waals surface area contributed by atoms with Gasteiger partial charge in [-0.2, -0.15) is 0 Å². The van der Waals surface area contributed by atoms with Crippen molar-refractivity contribution < 1.29 is 9.59 Å². The van der Waals surface area contributed by atoms with Gasteiger partial charge >= 0.3 is 0 Å². The smallest absolute Gasteiger partial charge is 0.236 e. The first kappa shape index (κ1) is 14.5. The summed E-state index contributed by atoms with van der Waals surface area (Å²) < 4.78 is 0. The summed E-state index contributed by atoms with van der Waals surface area (Å²) in [5.74, 6) is 2.02. The molecule has 0 spiro atoms. The van der Waals surface area contributed by atoms with E-state index in [-0.39, 0.29) is 24.3 Å². The highest BCUT2D eigenvalue weighted by Gasteiger charge is 2.16. The molecule has 1 unspecified atom stereocenters. The van der Waals surface area contributed by atoms with E-state index in [1.807, 2.05) is 0 Å². The van der Waals surface area contributed by atoms with Gasteiger partial charge in [-0.3, -0.25) is 14.9 Å². The average Bonchev–Trinajstić information content (AvgIpc) is 2.27.